The third-order valence-corrected chi connectivity index (χ3v) is 3.69. The smallest absolute Gasteiger partial charge is 0.229 e. The van der Waals surface area contributed by atoms with E-state index in [1.807, 2.05) is 24.3 Å². The summed E-state index contributed by atoms with van der Waals surface area (Å²) in [7, 11) is 0. The molecule has 1 aromatic rings. The Kier molecular flexibility index (Phi) is 2.33. The molecule has 1 aromatic carbocycles. The Labute approximate surface area is 100 Å². The predicted octanol–water partition coefficient (Wildman–Crippen LogP) is 0.837. The van der Waals surface area contributed by atoms with E-state index in [0.29, 0.717) is 6.54 Å². The molecule has 1 aliphatic carbocycles. The van der Waals surface area contributed by atoms with E-state index >= 15 is 0 Å². The van der Waals surface area contributed by atoms with Crippen LogP contribution in [0.2, 0.25) is 0 Å². The Bertz CT molecular complexity index is 454. The summed E-state index contributed by atoms with van der Waals surface area (Å²) in [5.41, 5.74) is 1.77. The highest BCUT2D eigenvalue weighted by Crippen LogP contribution is 2.37. The number of carbonyl (C=O) groups excluding carboxylic acids is 1. The molecule has 1 saturated carbocycles. The highest BCUT2D eigenvalue weighted by molar-refractivity contribution is 5.88. The number of rotatable bonds is 3. The molecular weight excluding hydrogens is 216 g/mol. The van der Waals surface area contributed by atoms with E-state index in [-0.39, 0.29) is 24.0 Å². The molecule has 0 spiro atoms. The molecule has 1 aliphatic heterocycles. The number of aliphatic hydroxyl groups excluding tert-OH is 1. The van der Waals surface area contributed by atoms with Gasteiger partial charge in [-0.15, -0.1) is 0 Å². The summed E-state index contributed by atoms with van der Waals surface area (Å²) < 4.78 is 0. The zero-order valence-corrected chi connectivity index (χ0v) is 9.57. The van der Waals surface area contributed by atoms with Crippen LogP contribution >= 0.6 is 0 Å². The van der Waals surface area contributed by atoms with Crippen LogP contribution in [0.25, 0.3) is 0 Å². The summed E-state index contributed by atoms with van der Waals surface area (Å²) in [6, 6.07) is 7.88. The SMILES string of the molecule is O=C(NC1(CO)CC1)C1CNc2ccccc21. The van der Waals surface area contributed by atoms with Crippen LogP contribution in [0.4, 0.5) is 5.69 Å². The van der Waals surface area contributed by atoms with E-state index < -0.39 is 0 Å². The van der Waals surface area contributed by atoms with E-state index in [9.17, 15) is 9.90 Å². The van der Waals surface area contributed by atoms with E-state index in [0.717, 1.165) is 24.1 Å². The minimum atomic E-state index is -0.325. The van der Waals surface area contributed by atoms with E-state index in [2.05, 4.69) is 10.6 Å². The Morgan fingerprint density at radius 3 is 2.94 bits per heavy atom. The van der Waals surface area contributed by atoms with Gasteiger partial charge in [0, 0.05) is 12.2 Å². The van der Waals surface area contributed by atoms with Crippen molar-refractivity contribution in [3.63, 3.8) is 0 Å². The lowest BCUT2D eigenvalue weighted by Crippen LogP contribution is -2.42. The molecule has 90 valence electrons. The first-order valence-electron chi connectivity index (χ1n) is 6.00. The zero-order valence-electron chi connectivity index (χ0n) is 9.57. The average molecular weight is 232 g/mol. The van der Waals surface area contributed by atoms with Crippen LogP contribution < -0.4 is 10.6 Å². The van der Waals surface area contributed by atoms with Crippen molar-refractivity contribution in [3.05, 3.63) is 29.8 Å². The number of nitrogens with one attached hydrogen (secondary N) is 2. The van der Waals surface area contributed by atoms with Gasteiger partial charge in [-0.1, -0.05) is 18.2 Å². The number of hydrogen-bond acceptors (Lipinski definition) is 3. The Balaban J connectivity index is 1.76. The molecule has 1 atom stereocenters. The van der Waals surface area contributed by atoms with Gasteiger partial charge in [0.15, 0.2) is 0 Å². The second-order valence-corrected chi connectivity index (χ2v) is 4.95. The van der Waals surface area contributed by atoms with Crippen LogP contribution in [-0.2, 0) is 4.79 Å². The minimum Gasteiger partial charge on any atom is -0.394 e. The number of amides is 1. The summed E-state index contributed by atoms with van der Waals surface area (Å²) in [6.07, 6.45) is 1.77. The number of carbonyl (C=O) groups is 1. The van der Waals surface area contributed by atoms with Crippen molar-refractivity contribution in [2.24, 2.45) is 0 Å². The largest absolute Gasteiger partial charge is 0.394 e. The van der Waals surface area contributed by atoms with Gasteiger partial charge >= 0.3 is 0 Å². The quantitative estimate of drug-likeness (QED) is 0.723. The van der Waals surface area contributed by atoms with Gasteiger partial charge in [0.05, 0.1) is 18.1 Å². The van der Waals surface area contributed by atoms with Crippen LogP contribution in [-0.4, -0.2) is 29.7 Å². The second kappa shape index (κ2) is 3.74. The lowest BCUT2D eigenvalue weighted by atomic mass is 10.00. The van der Waals surface area contributed by atoms with Crippen LogP contribution in [0.5, 0.6) is 0 Å². The maximum Gasteiger partial charge on any atom is 0.229 e. The second-order valence-electron chi connectivity index (χ2n) is 4.95. The van der Waals surface area contributed by atoms with Crippen LogP contribution in [0.15, 0.2) is 24.3 Å². The highest BCUT2D eigenvalue weighted by atomic mass is 16.3. The fourth-order valence-corrected chi connectivity index (χ4v) is 2.34. The predicted molar refractivity (Wildman–Crippen MR) is 64.9 cm³/mol. The third-order valence-electron chi connectivity index (χ3n) is 3.69. The van der Waals surface area contributed by atoms with Crippen molar-refractivity contribution in [1.82, 2.24) is 5.32 Å². The van der Waals surface area contributed by atoms with Crippen molar-refractivity contribution in [3.8, 4) is 0 Å². The number of hydrogen-bond donors (Lipinski definition) is 3. The molecule has 4 nitrogen and oxygen atoms in total. The molecule has 3 N–H and O–H groups in total. The molecule has 2 aliphatic rings. The maximum absolute atomic E-state index is 12.2. The van der Waals surface area contributed by atoms with Gasteiger partial charge in [0.1, 0.15) is 0 Å². The van der Waals surface area contributed by atoms with Gasteiger partial charge in [-0.05, 0) is 24.5 Å². The first-order chi connectivity index (χ1) is 8.24. The molecule has 1 fully saturated rings. The summed E-state index contributed by atoms with van der Waals surface area (Å²) in [5.74, 6) is -0.107. The fraction of sp³-hybridized carbons (Fsp3) is 0.462. The van der Waals surface area contributed by atoms with Gasteiger partial charge in [-0.3, -0.25) is 4.79 Å². The molecule has 0 saturated heterocycles. The monoisotopic (exact) mass is 232 g/mol. The van der Waals surface area contributed by atoms with Crippen LogP contribution in [0.3, 0.4) is 0 Å². The number of aliphatic hydroxyl groups is 1. The van der Waals surface area contributed by atoms with Crippen molar-refractivity contribution in [2.75, 3.05) is 18.5 Å². The first kappa shape index (κ1) is 10.6. The molecule has 4 heteroatoms. The Morgan fingerprint density at radius 1 is 1.47 bits per heavy atom. The lowest BCUT2D eigenvalue weighted by molar-refractivity contribution is -0.123. The van der Waals surface area contributed by atoms with Gasteiger partial charge in [-0.2, -0.15) is 0 Å². The molecule has 0 aromatic heterocycles. The topological polar surface area (TPSA) is 61.4 Å². The maximum atomic E-state index is 12.2. The Morgan fingerprint density at radius 2 is 2.24 bits per heavy atom. The highest BCUT2D eigenvalue weighted by Gasteiger charge is 2.45. The number of fused-ring (bicyclic) bond motifs is 1. The zero-order chi connectivity index (χ0) is 11.9. The van der Waals surface area contributed by atoms with Crippen molar-refractivity contribution in [2.45, 2.75) is 24.3 Å². The Hall–Kier alpha value is -1.55. The fourth-order valence-electron chi connectivity index (χ4n) is 2.34. The average Bonchev–Trinajstić information content (AvgIpc) is 2.99. The molecule has 0 radical (unpaired) electrons. The molecule has 17 heavy (non-hydrogen) atoms. The van der Waals surface area contributed by atoms with Gasteiger partial charge in [-0.25, -0.2) is 0 Å². The van der Waals surface area contributed by atoms with Crippen molar-refractivity contribution < 1.29 is 9.90 Å². The number of benzene rings is 1. The number of anilines is 1. The van der Waals surface area contributed by atoms with E-state index in [1.165, 1.54) is 0 Å². The van der Waals surface area contributed by atoms with Gasteiger partial charge in [0.25, 0.3) is 0 Å². The molecule has 1 unspecified atom stereocenters. The normalized spacial score (nSPS) is 23.7. The lowest BCUT2D eigenvalue weighted by Gasteiger charge is -2.17. The van der Waals surface area contributed by atoms with Gasteiger partial charge in [0.2, 0.25) is 5.91 Å². The number of para-hydroxylation sites is 1. The summed E-state index contributed by atoms with van der Waals surface area (Å²) in [6.45, 7) is 0.688. The summed E-state index contributed by atoms with van der Waals surface area (Å²) in [5, 5.41) is 15.4. The summed E-state index contributed by atoms with van der Waals surface area (Å²) in [4.78, 5) is 12.2. The first-order valence-corrected chi connectivity index (χ1v) is 6.00. The van der Waals surface area contributed by atoms with Crippen LogP contribution in [0.1, 0.15) is 24.3 Å². The van der Waals surface area contributed by atoms with Gasteiger partial charge < -0.3 is 15.7 Å². The molecule has 1 amide bonds. The molecule has 3 rings (SSSR count). The molecule has 0 bridgehead atoms. The molecular formula is C13H16N2O2. The van der Waals surface area contributed by atoms with Crippen LogP contribution in [0, 0.1) is 0 Å². The van der Waals surface area contributed by atoms with E-state index in [1.54, 1.807) is 0 Å². The molecule has 1 heterocycles. The summed E-state index contributed by atoms with van der Waals surface area (Å²) >= 11 is 0. The standard InChI is InChI=1S/C13H16N2O2/c16-8-13(5-6-13)15-12(17)10-7-14-11-4-2-1-3-9(10)11/h1-4,10,14,16H,5-8H2,(H,15,17). The third kappa shape index (κ3) is 1.78. The van der Waals surface area contributed by atoms with Crippen molar-refractivity contribution in [1.29, 1.82) is 0 Å². The minimum absolute atomic E-state index is 0.0222. The van der Waals surface area contributed by atoms with E-state index in [4.69, 9.17) is 0 Å². The van der Waals surface area contributed by atoms with Crippen molar-refractivity contribution >= 4 is 11.6 Å².